The Morgan fingerprint density at radius 1 is 1.17 bits per heavy atom. The Kier molecular flexibility index (Phi) is 18.1. The minimum Gasteiger partial charge on any atom is -0.326 e. The topological polar surface area (TPSA) is 104 Å². The van der Waals surface area contributed by atoms with Crippen molar-refractivity contribution in [3.63, 3.8) is 0 Å². The van der Waals surface area contributed by atoms with Crippen LogP contribution in [-0.2, 0) is 36.6 Å². The Hall–Kier alpha value is -1.10. The maximum absolute atomic E-state index is 11.7. The standard InChI is InChI=1S/C15H22N2O2.CH5NO.Pd/c16-12-13-7-9-14(10-8-13)17-15(19)6-4-2-1-3-5-11-18;1-2-3;/h7-11H,1-6,12,16H2,(H,17,19);2-3H,1H3;. The van der Waals surface area contributed by atoms with E-state index in [0.717, 1.165) is 43.2 Å². The summed E-state index contributed by atoms with van der Waals surface area (Å²) in [6, 6.07) is 7.55. The summed E-state index contributed by atoms with van der Waals surface area (Å²) in [4.78, 5) is 21.8. The zero-order valence-corrected chi connectivity index (χ0v) is 15.0. The summed E-state index contributed by atoms with van der Waals surface area (Å²) >= 11 is 0. The minimum absolute atomic E-state index is 0. The van der Waals surface area contributed by atoms with E-state index in [4.69, 9.17) is 10.9 Å². The second-order valence-electron chi connectivity index (χ2n) is 4.79. The van der Waals surface area contributed by atoms with Gasteiger partial charge in [0.2, 0.25) is 5.91 Å². The van der Waals surface area contributed by atoms with Crippen LogP contribution in [0.15, 0.2) is 24.3 Å². The second-order valence-corrected chi connectivity index (χ2v) is 4.79. The fourth-order valence-corrected chi connectivity index (χ4v) is 1.81. The molecular formula is C16H27N3O3Pd. The van der Waals surface area contributed by atoms with Crippen LogP contribution < -0.4 is 16.5 Å². The number of hydroxylamine groups is 1. The van der Waals surface area contributed by atoms with E-state index in [1.165, 1.54) is 7.05 Å². The number of anilines is 1. The Morgan fingerprint density at radius 3 is 2.26 bits per heavy atom. The van der Waals surface area contributed by atoms with E-state index in [-0.39, 0.29) is 26.3 Å². The number of aldehydes is 1. The van der Waals surface area contributed by atoms with Crippen molar-refractivity contribution in [2.45, 2.75) is 45.1 Å². The van der Waals surface area contributed by atoms with E-state index in [0.29, 0.717) is 19.4 Å². The number of benzene rings is 1. The molecule has 0 saturated heterocycles. The van der Waals surface area contributed by atoms with E-state index in [1.54, 1.807) is 5.48 Å². The maximum atomic E-state index is 11.7. The molecule has 0 aromatic heterocycles. The molecule has 0 heterocycles. The van der Waals surface area contributed by atoms with Gasteiger partial charge in [-0.1, -0.05) is 25.0 Å². The van der Waals surface area contributed by atoms with Crippen LogP contribution in [0.1, 0.15) is 44.1 Å². The van der Waals surface area contributed by atoms with Crippen LogP contribution in [0.4, 0.5) is 5.69 Å². The monoisotopic (exact) mass is 415 g/mol. The first kappa shape index (κ1) is 24.2. The molecule has 0 aliphatic carbocycles. The van der Waals surface area contributed by atoms with Crippen molar-refractivity contribution in [1.29, 1.82) is 0 Å². The molecule has 0 atom stereocenters. The van der Waals surface area contributed by atoms with Gasteiger partial charge >= 0.3 is 0 Å². The van der Waals surface area contributed by atoms with Gasteiger partial charge in [0, 0.05) is 52.5 Å². The van der Waals surface area contributed by atoms with Crippen LogP contribution in [0.5, 0.6) is 0 Å². The molecule has 0 fully saturated rings. The first-order chi connectivity index (χ1) is 10.7. The van der Waals surface area contributed by atoms with Gasteiger partial charge in [0.15, 0.2) is 0 Å². The zero-order valence-electron chi connectivity index (χ0n) is 13.5. The summed E-state index contributed by atoms with van der Waals surface area (Å²) in [5.74, 6) is 0.0379. The molecule has 0 unspecified atom stereocenters. The summed E-state index contributed by atoms with van der Waals surface area (Å²) in [6.45, 7) is 0.509. The van der Waals surface area contributed by atoms with E-state index in [2.05, 4.69) is 5.32 Å². The van der Waals surface area contributed by atoms with Gasteiger partial charge in [-0.3, -0.25) is 4.79 Å². The summed E-state index contributed by atoms with van der Waals surface area (Å²) in [5, 5.41) is 10.2. The number of carbonyl (C=O) groups is 2. The molecule has 0 aliphatic rings. The number of hydrogen-bond acceptors (Lipinski definition) is 5. The van der Waals surface area contributed by atoms with E-state index >= 15 is 0 Å². The predicted octanol–water partition coefficient (Wildman–Crippen LogP) is 2.22. The molecule has 6 nitrogen and oxygen atoms in total. The summed E-state index contributed by atoms with van der Waals surface area (Å²) in [5.41, 5.74) is 9.12. The number of unbranched alkanes of at least 4 members (excludes halogenated alkanes) is 4. The van der Waals surface area contributed by atoms with E-state index in [1.807, 2.05) is 24.3 Å². The Morgan fingerprint density at radius 2 is 1.74 bits per heavy atom. The summed E-state index contributed by atoms with van der Waals surface area (Å²) < 4.78 is 0. The number of carbonyl (C=O) groups excluding carboxylic acids is 2. The smallest absolute Gasteiger partial charge is 0.224 e. The van der Waals surface area contributed by atoms with Crippen molar-refractivity contribution in [3.8, 4) is 0 Å². The van der Waals surface area contributed by atoms with Crippen molar-refractivity contribution in [2.24, 2.45) is 5.73 Å². The van der Waals surface area contributed by atoms with Crippen LogP contribution in [0.3, 0.4) is 0 Å². The molecule has 1 rings (SSSR count). The van der Waals surface area contributed by atoms with Gasteiger partial charge in [-0.2, -0.15) is 0 Å². The second kappa shape index (κ2) is 17.3. The Labute approximate surface area is 151 Å². The Bertz CT molecular complexity index is 414. The third-order valence-electron chi connectivity index (χ3n) is 2.95. The summed E-state index contributed by atoms with van der Waals surface area (Å²) in [7, 11) is 1.43. The molecule has 0 saturated carbocycles. The van der Waals surface area contributed by atoms with E-state index in [9.17, 15) is 9.59 Å². The molecule has 5 N–H and O–H groups in total. The minimum atomic E-state index is 0. The molecule has 23 heavy (non-hydrogen) atoms. The number of amides is 1. The number of nitrogens with one attached hydrogen (secondary N) is 2. The molecule has 7 heteroatoms. The van der Waals surface area contributed by atoms with Crippen LogP contribution in [0.2, 0.25) is 0 Å². The predicted molar refractivity (Wildman–Crippen MR) is 87.6 cm³/mol. The molecule has 0 bridgehead atoms. The SMILES string of the molecule is CNO.NCc1ccc(NC(=O)CCCCCCC=O)cc1.[Pd]. The molecule has 134 valence electrons. The third-order valence-corrected chi connectivity index (χ3v) is 2.95. The molecule has 0 aliphatic heterocycles. The van der Waals surface area contributed by atoms with Crippen molar-refractivity contribution in [1.82, 2.24) is 5.48 Å². The number of hydrogen-bond donors (Lipinski definition) is 4. The third kappa shape index (κ3) is 14.2. The van der Waals surface area contributed by atoms with Crippen molar-refractivity contribution >= 4 is 17.9 Å². The quantitative estimate of drug-likeness (QED) is 0.214. The van der Waals surface area contributed by atoms with Crippen LogP contribution in [-0.4, -0.2) is 24.4 Å². The van der Waals surface area contributed by atoms with Gasteiger partial charge in [0.25, 0.3) is 0 Å². The van der Waals surface area contributed by atoms with Crippen molar-refractivity contribution < 1.29 is 35.2 Å². The Balaban J connectivity index is 0. The van der Waals surface area contributed by atoms with Gasteiger partial charge in [-0.05, 0) is 30.5 Å². The maximum Gasteiger partial charge on any atom is 0.224 e. The first-order valence-electron chi connectivity index (χ1n) is 7.51. The molecule has 1 aromatic rings. The largest absolute Gasteiger partial charge is 0.326 e. The van der Waals surface area contributed by atoms with Gasteiger partial charge in [0.1, 0.15) is 6.29 Å². The van der Waals surface area contributed by atoms with Gasteiger partial charge in [-0.15, -0.1) is 0 Å². The normalized spacial score (nSPS) is 9.17. The fourth-order valence-electron chi connectivity index (χ4n) is 1.81. The van der Waals surface area contributed by atoms with Crippen LogP contribution >= 0.6 is 0 Å². The average molecular weight is 416 g/mol. The first-order valence-corrected chi connectivity index (χ1v) is 7.51. The molecule has 0 radical (unpaired) electrons. The molecule has 0 spiro atoms. The number of nitrogens with two attached hydrogens (primary N) is 1. The van der Waals surface area contributed by atoms with Gasteiger partial charge < -0.3 is 21.1 Å². The fraction of sp³-hybridized carbons (Fsp3) is 0.500. The van der Waals surface area contributed by atoms with Gasteiger partial charge in [-0.25, -0.2) is 5.48 Å². The van der Waals surface area contributed by atoms with Crippen LogP contribution in [0, 0.1) is 0 Å². The van der Waals surface area contributed by atoms with Crippen molar-refractivity contribution in [3.05, 3.63) is 29.8 Å². The summed E-state index contributed by atoms with van der Waals surface area (Å²) in [6.07, 6.45) is 5.89. The average Bonchev–Trinajstić information content (AvgIpc) is 2.52. The van der Waals surface area contributed by atoms with Gasteiger partial charge in [0.05, 0.1) is 0 Å². The molecule has 1 aromatic carbocycles. The molecule has 1 amide bonds. The van der Waals surface area contributed by atoms with Crippen LogP contribution in [0.25, 0.3) is 0 Å². The zero-order chi connectivity index (χ0) is 16.6. The number of rotatable bonds is 9. The van der Waals surface area contributed by atoms with E-state index < -0.39 is 0 Å². The molecular weight excluding hydrogens is 389 g/mol. The van der Waals surface area contributed by atoms with Crippen molar-refractivity contribution in [2.75, 3.05) is 12.4 Å².